The van der Waals surface area contributed by atoms with E-state index in [9.17, 15) is 9.59 Å². The smallest absolute Gasteiger partial charge is 0.245 e. The molecule has 0 aromatic heterocycles. The van der Waals surface area contributed by atoms with E-state index >= 15 is 0 Å². The van der Waals surface area contributed by atoms with Crippen molar-refractivity contribution in [2.75, 3.05) is 99.2 Å². The zero-order chi connectivity index (χ0) is 42.3. The lowest BCUT2D eigenvalue weighted by molar-refractivity contribution is -0.138. The highest BCUT2D eigenvalue weighted by Crippen LogP contribution is 2.31. The number of amides is 2. The molecule has 0 spiro atoms. The number of hydrogen-bond acceptors (Lipinski definition) is 8. The van der Waals surface area contributed by atoms with Gasteiger partial charge in [0.25, 0.3) is 0 Å². The van der Waals surface area contributed by atoms with Gasteiger partial charge in [-0.05, 0) is 88.1 Å². The second-order valence-corrected chi connectivity index (χ2v) is 20.0. The molecule has 7 atom stereocenters. The molecule has 59 heavy (non-hydrogen) atoms. The lowest BCUT2D eigenvalue weighted by Crippen LogP contribution is -2.58. The second kappa shape index (κ2) is 25.0. The molecule has 3 aliphatic carbocycles. The number of nitrogens with one attached hydrogen (secondary N) is 1. The van der Waals surface area contributed by atoms with Crippen LogP contribution in [0.5, 0.6) is 0 Å². The maximum Gasteiger partial charge on any atom is 0.245 e. The Morgan fingerprint density at radius 1 is 0.644 bits per heavy atom. The zero-order valence-electron chi connectivity index (χ0n) is 37.7. The number of benzene rings is 1. The minimum Gasteiger partial charge on any atom is -0.344 e. The summed E-state index contributed by atoms with van der Waals surface area (Å²) in [7, 11) is 4.48. The van der Waals surface area contributed by atoms with Gasteiger partial charge in [0.15, 0.2) is 0 Å². The summed E-state index contributed by atoms with van der Waals surface area (Å²) in [6.45, 7) is 20.9. The largest absolute Gasteiger partial charge is 0.344 e. The SMILES string of the molecule is C[C@@H]1CCCC[C@@H]1N1CCN(C)CC1.C[C@@H]1CCCC[C@H]1N1CCN(C(=O)C(Cc2ccc(Cl)cc2Cl)NC(=O)CCN)CC1.C[C@@H]1CCCC[C@H]1N1CCN(C)CC1. The minimum atomic E-state index is -0.669. The number of carbonyl (C=O) groups is 2. The molecule has 0 radical (unpaired) electrons. The molecular weight excluding hydrogens is 779 g/mol. The molecule has 336 valence electrons. The number of nitrogens with zero attached hydrogens (tertiary/aromatic N) is 6. The van der Waals surface area contributed by atoms with Crippen LogP contribution < -0.4 is 11.1 Å². The number of hydrogen-bond donors (Lipinski definition) is 2. The third kappa shape index (κ3) is 15.1. The fourth-order valence-electron chi connectivity index (χ4n) is 10.8. The van der Waals surface area contributed by atoms with E-state index in [0.29, 0.717) is 41.5 Å². The number of rotatable bonds is 9. The highest BCUT2D eigenvalue weighted by Gasteiger charge is 2.34. The molecule has 3 aliphatic heterocycles. The van der Waals surface area contributed by atoms with E-state index in [1.165, 1.54) is 129 Å². The van der Waals surface area contributed by atoms with Crippen LogP contribution in [0.1, 0.15) is 110 Å². The maximum atomic E-state index is 13.4. The number of piperazine rings is 3. The van der Waals surface area contributed by atoms with Gasteiger partial charge in [-0.2, -0.15) is 0 Å². The lowest BCUT2D eigenvalue weighted by Gasteiger charge is -2.44. The van der Waals surface area contributed by atoms with E-state index in [1.807, 2.05) is 11.0 Å². The van der Waals surface area contributed by atoms with E-state index in [2.05, 4.69) is 64.7 Å². The van der Waals surface area contributed by atoms with Crippen LogP contribution in [-0.2, 0) is 16.0 Å². The number of carbonyl (C=O) groups excluding carboxylic acids is 2. The van der Waals surface area contributed by atoms with Crippen LogP contribution in [0.4, 0.5) is 0 Å². The van der Waals surface area contributed by atoms with Gasteiger partial charge in [-0.3, -0.25) is 24.3 Å². The van der Waals surface area contributed by atoms with Crippen molar-refractivity contribution in [2.45, 2.75) is 135 Å². The predicted molar refractivity (Wildman–Crippen MR) is 246 cm³/mol. The Hall–Kier alpha value is -1.50. The van der Waals surface area contributed by atoms with Gasteiger partial charge >= 0.3 is 0 Å². The Balaban J connectivity index is 0.000000194. The summed E-state index contributed by atoms with van der Waals surface area (Å²) in [6, 6.07) is 6.97. The molecule has 7 rings (SSSR count). The van der Waals surface area contributed by atoms with E-state index in [0.717, 1.165) is 42.6 Å². The van der Waals surface area contributed by atoms with Gasteiger partial charge in [-0.15, -0.1) is 0 Å². The Bertz CT molecular complexity index is 1360. The van der Waals surface area contributed by atoms with Crippen molar-refractivity contribution in [3.63, 3.8) is 0 Å². The Morgan fingerprint density at radius 2 is 1.05 bits per heavy atom. The Morgan fingerprint density at radius 3 is 1.44 bits per heavy atom. The van der Waals surface area contributed by atoms with Crippen molar-refractivity contribution in [1.29, 1.82) is 0 Å². The third-order valence-corrected chi connectivity index (χ3v) is 15.3. The molecule has 3 heterocycles. The zero-order valence-corrected chi connectivity index (χ0v) is 39.2. The summed E-state index contributed by atoms with van der Waals surface area (Å²) in [5, 5.41) is 3.91. The molecular formula is C47H82Cl2N8O2. The Kier molecular flexibility index (Phi) is 20.5. The van der Waals surface area contributed by atoms with Crippen molar-refractivity contribution >= 4 is 35.0 Å². The van der Waals surface area contributed by atoms with Gasteiger partial charge in [0.2, 0.25) is 11.8 Å². The van der Waals surface area contributed by atoms with Crippen molar-refractivity contribution in [3.05, 3.63) is 33.8 Å². The van der Waals surface area contributed by atoms with E-state index in [4.69, 9.17) is 28.9 Å². The molecule has 3 saturated heterocycles. The highest BCUT2D eigenvalue weighted by molar-refractivity contribution is 6.35. The van der Waals surface area contributed by atoms with Crippen LogP contribution >= 0.6 is 23.2 Å². The van der Waals surface area contributed by atoms with Gasteiger partial charge in [0.05, 0.1) is 0 Å². The van der Waals surface area contributed by atoms with Crippen LogP contribution in [-0.4, -0.2) is 165 Å². The first-order chi connectivity index (χ1) is 28.4. The molecule has 2 amide bonds. The topological polar surface area (TPSA) is 91.6 Å². The van der Waals surface area contributed by atoms with Gasteiger partial charge in [-0.1, -0.05) is 88.6 Å². The maximum absolute atomic E-state index is 13.4. The standard InChI is InChI=1S/C23H34Cl2N4O2.2C12H24N2/c1-16-4-2-3-5-21(16)28-10-12-29(13-11-28)23(31)20(27-22(30)8-9-26)14-17-6-7-18(24)15-19(17)25;2*1-11-5-3-4-6-12(11)14-9-7-13(2)8-10-14/h6-7,15-16,20-21H,2-5,8-14,26H2,1H3,(H,27,30);2*11-12H,3-10H2,1-2H3/t16-,20?,21-;11-,12+;11-,12-/m111/s1. The molecule has 1 aromatic carbocycles. The van der Waals surface area contributed by atoms with Crippen LogP contribution in [0, 0.1) is 17.8 Å². The summed E-state index contributed by atoms with van der Waals surface area (Å²) in [6.07, 6.45) is 17.3. The predicted octanol–water partition coefficient (Wildman–Crippen LogP) is 6.72. The van der Waals surface area contributed by atoms with Crippen LogP contribution in [0.15, 0.2) is 18.2 Å². The van der Waals surface area contributed by atoms with E-state index in [-0.39, 0.29) is 24.8 Å². The summed E-state index contributed by atoms with van der Waals surface area (Å²) in [5.41, 5.74) is 6.30. The first-order valence-electron chi connectivity index (χ1n) is 23.7. The lowest BCUT2D eigenvalue weighted by atomic mass is 9.84. The summed E-state index contributed by atoms with van der Waals surface area (Å²) >= 11 is 12.3. The van der Waals surface area contributed by atoms with Crippen LogP contribution in [0.2, 0.25) is 10.0 Å². The number of likely N-dealkylation sites (N-methyl/N-ethyl adjacent to an activating group) is 2. The van der Waals surface area contributed by atoms with Gasteiger partial charge in [0, 0.05) is 126 Å². The normalized spacial score (nSPS) is 30.0. The van der Waals surface area contributed by atoms with Crippen molar-refractivity contribution in [3.8, 4) is 0 Å². The monoisotopic (exact) mass is 861 g/mol. The van der Waals surface area contributed by atoms with Crippen LogP contribution in [0.25, 0.3) is 0 Å². The first kappa shape index (κ1) is 48.5. The highest BCUT2D eigenvalue weighted by atomic mass is 35.5. The van der Waals surface area contributed by atoms with Gasteiger partial charge in [-0.25, -0.2) is 0 Å². The number of halogens is 2. The fourth-order valence-corrected chi connectivity index (χ4v) is 11.3. The average Bonchev–Trinajstić information content (AvgIpc) is 3.23. The molecule has 12 heteroatoms. The fraction of sp³-hybridized carbons (Fsp3) is 0.830. The molecule has 10 nitrogen and oxygen atoms in total. The third-order valence-electron chi connectivity index (χ3n) is 14.8. The number of nitrogens with two attached hydrogens (primary N) is 1. The van der Waals surface area contributed by atoms with Crippen molar-refractivity contribution < 1.29 is 9.59 Å². The minimum absolute atomic E-state index is 0.0623. The molecule has 6 fully saturated rings. The summed E-state index contributed by atoms with van der Waals surface area (Å²) in [4.78, 5) is 40.4. The van der Waals surface area contributed by atoms with E-state index < -0.39 is 6.04 Å². The summed E-state index contributed by atoms with van der Waals surface area (Å²) < 4.78 is 0. The van der Waals surface area contributed by atoms with Crippen molar-refractivity contribution in [2.24, 2.45) is 23.5 Å². The second-order valence-electron chi connectivity index (χ2n) is 19.1. The molecule has 0 bridgehead atoms. The Labute approximate surface area is 369 Å². The molecule has 3 N–H and O–H groups in total. The van der Waals surface area contributed by atoms with Gasteiger partial charge < -0.3 is 25.8 Å². The van der Waals surface area contributed by atoms with E-state index in [1.54, 1.807) is 12.1 Å². The quantitative estimate of drug-likeness (QED) is 0.283. The molecule has 6 aliphatic rings. The van der Waals surface area contributed by atoms with Gasteiger partial charge in [0.1, 0.15) is 6.04 Å². The van der Waals surface area contributed by atoms with Crippen LogP contribution in [0.3, 0.4) is 0 Å². The molecule has 1 aromatic rings. The first-order valence-corrected chi connectivity index (χ1v) is 24.5. The molecule has 1 unspecified atom stereocenters. The summed E-state index contributed by atoms with van der Waals surface area (Å²) in [5.74, 6) is 2.30. The van der Waals surface area contributed by atoms with Crippen molar-refractivity contribution in [1.82, 2.24) is 34.7 Å². The molecule has 3 saturated carbocycles. The average molecular weight is 862 g/mol.